The fourth-order valence-electron chi connectivity index (χ4n) is 4.02. The van der Waals surface area contributed by atoms with Gasteiger partial charge in [-0.25, -0.2) is 4.98 Å². The van der Waals surface area contributed by atoms with E-state index in [1.165, 1.54) is 5.56 Å². The standard InChI is InChI=1S/C25H32N4O2/c1-5-29-22-11-10-20(16-21(22)27-23(29)17-28-12-14-31-15-13-28)26-24(30)18-6-8-19(9-7-18)25(2,3)4/h6-11,16H,5,12-15,17H2,1-4H3,(H,26,30). The number of fused-ring (bicyclic) bond motifs is 1. The lowest BCUT2D eigenvalue weighted by Crippen LogP contribution is -2.36. The molecular weight excluding hydrogens is 388 g/mol. The quantitative estimate of drug-likeness (QED) is 0.663. The summed E-state index contributed by atoms with van der Waals surface area (Å²) in [5, 5.41) is 3.02. The fraction of sp³-hybridized carbons (Fsp3) is 0.440. The molecule has 31 heavy (non-hydrogen) atoms. The third-order valence-corrected chi connectivity index (χ3v) is 5.88. The van der Waals surface area contributed by atoms with Gasteiger partial charge in [-0.05, 0) is 48.2 Å². The minimum absolute atomic E-state index is 0.0665. The molecule has 1 aliphatic heterocycles. The fourth-order valence-corrected chi connectivity index (χ4v) is 4.02. The van der Waals surface area contributed by atoms with Crippen LogP contribution in [0.3, 0.4) is 0 Å². The van der Waals surface area contributed by atoms with Crippen molar-refractivity contribution in [1.29, 1.82) is 0 Å². The maximum Gasteiger partial charge on any atom is 0.255 e. The molecule has 1 N–H and O–H groups in total. The summed E-state index contributed by atoms with van der Waals surface area (Å²) in [4.78, 5) is 20.0. The number of carbonyl (C=O) groups excluding carboxylic acids is 1. The van der Waals surface area contributed by atoms with Crippen LogP contribution in [0.2, 0.25) is 0 Å². The zero-order chi connectivity index (χ0) is 22.0. The van der Waals surface area contributed by atoms with E-state index in [4.69, 9.17) is 9.72 Å². The number of nitrogens with zero attached hydrogens (tertiary/aromatic N) is 3. The first-order valence-electron chi connectivity index (χ1n) is 11.1. The summed E-state index contributed by atoms with van der Waals surface area (Å²) in [5.74, 6) is 0.948. The lowest BCUT2D eigenvalue weighted by Gasteiger charge is -2.26. The van der Waals surface area contributed by atoms with E-state index in [2.05, 4.69) is 42.5 Å². The Balaban J connectivity index is 1.52. The number of ether oxygens (including phenoxy) is 1. The van der Waals surface area contributed by atoms with Crippen LogP contribution in [-0.4, -0.2) is 46.7 Å². The number of amides is 1. The number of aromatic nitrogens is 2. The second-order valence-electron chi connectivity index (χ2n) is 9.15. The van der Waals surface area contributed by atoms with Crippen molar-refractivity contribution >= 4 is 22.6 Å². The van der Waals surface area contributed by atoms with E-state index in [0.717, 1.165) is 61.9 Å². The highest BCUT2D eigenvalue weighted by Crippen LogP contribution is 2.24. The monoisotopic (exact) mass is 420 g/mol. The highest BCUT2D eigenvalue weighted by molar-refractivity contribution is 6.05. The molecule has 2 aromatic carbocycles. The van der Waals surface area contributed by atoms with Crippen LogP contribution in [0.4, 0.5) is 5.69 Å². The molecule has 6 nitrogen and oxygen atoms in total. The first-order chi connectivity index (χ1) is 14.8. The Morgan fingerprint density at radius 2 is 1.81 bits per heavy atom. The van der Waals surface area contributed by atoms with Gasteiger partial charge in [-0.3, -0.25) is 9.69 Å². The third kappa shape index (κ3) is 4.81. The maximum atomic E-state index is 12.7. The van der Waals surface area contributed by atoms with Gasteiger partial charge in [0, 0.05) is 30.9 Å². The predicted molar refractivity (Wildman–Crippen MR) is 125 cm³/mol. The number of aryl methyl sites for hydroxylation is 1. The summed E-state index contributed by atoms with van der Waals surface area (Å²) in [6, 6.07) is 13.8. The van der Waals surface area contributed by atoms with E-state index in [-0.39, 0.29) is 11.3 Å². The molecule has 0 unspecified atom stereocenters. The van der Waals surface area contributed by atoms with Gasteiger partial charge in [-0.2, -0.15) is 0 Å². The van der Waals surface area contributed by atoms with Crippen molar-refractivity contribution in [2.75, 3.05) is 31.6 Å². The Morgan fingerprint density at radius 1 is 1.10 bits per heavy atom. The first-order valence-corrected chi connectivity index (χ1v) is 11.1. The van der Waals surface area contributed by atoms with Crippen LogP contribution < -0.4 is 5.32 Å². The van der Waals surface area contributed by atoms with Gasteiger partial charge in [0.15, 0.2) is 0 Å². The molecule has 3 aromatic rings. The number of hydrogen-bond acceptors (Lipinski definition) is 4. The number of hydrogen-bond donors (Lipinski definition) is 1. The molecule has 1 saturated heterocycles. The number of imidazole rings is 1. The highest BCUT2D eigenvalue weighted by Gasteiger charge is 2.17. The van der Waals surface area contributed by atoms with Gasteiger partial charge in [-0.1, -0.05) is 32.9 Å². The molecule has 0 aliphatic carbocycles. The van der Waals surface area contributed by atoms with E-state index < -0.39 is 0 Å². The van der Waals surface area contributed by atoms with Gasteiger partial charge in [0.1, 0.15) is 5.82 Å². The van der Waals surface area contributed by atoms with Gasteiger partial charge >= 0.3 is 0 Å². The molecule has 6 heteroatoms. The molecule has 0 spiro atoms. The molecule has 4 rings (SSSR count). The summed E-state index contributed by atoms with van der Waals surface area (Å²) < 4.78 is 7.71. The Morgan fingerprint density at radius 3 is 2.45 bits per heavy atom. The summed E-state index contributed by atoms with van der Waals surface area (Å²) in [5.41, 5.74) is 4.70. The summed E-state index contributed by atoms with van der Waals surface area (Å²) in [7, 11) is 0. The minimum Gasteiger partial charge on any atom is -0.379 e. The molecule has 0 atom stereocenters. The second kappa shape index (κ2) is 8.81. The summed E-state index contributed by atoms with van der Waals surface area (Å²) in [6.45, 7) is 13.7. The van der Waals surface area contributed by atoms with Crippen LogP contribution in [0.25, 0.3) is 11.0 Å². The predicted octanol–water partition coefficient (Wildman–Crippen LogP) is 4.44. The maximum absolute atomic E-state index is 12.7. The van der Waals surface area contributed by atoms with Gasteiger partial charge in [0.2, 0.25) is 0 Å². The smallest absolute Gasteiger partial charge is 0.255 e. The van der Waals surface area contributed by atoms with Crippen molar-refractivity contribution in [3.05, 3.63) is 59.4 Å². The van der Waals surface area contributed by atoms with Crippen LogP contribution in [-0.2, 0) is 23.2 Å². The molecular formula is C25H32N4O2. The lowest BCUT2D eigenvalue weighted by molar-refractivity contribution is 0.0327. The number of nitrogens with one attached hydrogen (secondary N) is 1. The molecule has 1 aliphatic rings. The van der Waals surface area contributed by atoms with Crippen LogP contribution in [0.5, 0.6) is 0 Å². The van der Waals surface area contributed by atoms with Crippen molar-refractivity contribution in [1.82, 2.24) is 14.5 Å². The summed E-state index contributed by atoms with van der Waals surface area (Å²) >= 11 is 0. The topological polar surface area (TPSA) is 59.4 Å². The Labute approximate surface area is 184 Å². The average molecular weight is 421 g/mol. The molecule has 2 heterocycles. The average Bonchev–Trinajstić information content (AvgIpc) is 3.10. The van der Waals surface area contributed by atoms with Crippen molar-refractivity contribution in [2.45, 2.75) is 46.2 Å². The molecule has 1 aromatic heterocycles. The number of carbonyl (C=O) groups is 1. The van der Waals surface area contributed by atoms with Crippen molar-refractivity contribution in [3.63, 3.8) is 0 Å². The Hall–Kier alpha value is -2.70. The molecule has 0 saturated carbocycles. The molecule has 1 fully saturated rings. The molecule has 1 amide bonds. The van der Waals surface area contributed by atoms with E-state index in [9.17, 15) is 4.79 Å². The van der Waals surface area contributed by atoms with Crippen molar-refractivity contribution < 1.29 is 9.53 Å². The Kier molecular flexibility index (Phi) is 6.12. The van der Waals surface area contributed by atoms with Crippen LogP contribution in [0.15, 0.2) is 42.5 Å². The number of anilines is 1. The lowest BCUT2D eigenvalue weighted by atomic mass is 9.87. The van der Waals surface area contributed by atoms with E-state index in [0.29, 0.717) is 5.56 Å². The highest BCUT2D eigenvalue weighted by atomic mass is 16.5. The van der Waals surface area contributed by atoms with E-state index in [1.807, 2.05) is 42.5 Å². The number of benzene rings is 2. The van der Waals surface area contributed by atoms with Crippen LogP contribution >= 0.6 is 0 Å². The second-order valence-corrected chi connectivity index (χ2v) is 9.15. The van der Waals surface area contributed by atoms with Gasteiger partial charge < -0.3 is 14.6 Å². The molecule has 0 bridgehead atoms. The zero-order valence-electron chi connectivity index (χ0n) is 18.9. The summed E-state index contributed by atoms with van der Waals surface area (Å²) in [6.07, 6.45) is 0. The first kappa shape index (κ1) is 21.5. The number of morpholine rings is 1. The zero-order valence-corrected chi connectivity index (χ0v) is 18.9. The van der Waals surface area contributed by atoms with Gasteiger partial charge in [-0.15, -0.1) is 0 Å². The van der Waals surface area contributed by atoms with Crippen molar-refractivity contribution in [2.24, 2.45) is 0 Å². The molecule has 164 valence electrons. The van der Waals surface area contributed by atoms with Gasteiger partial charge in [0.05, 0.1) is 30.8 Å². The van der Waals surface area contributed by atoms with Crippen molar-refractivity contribution in [3.8, 4) is 0 Å². The SMILES string of the molecule is CCn1c(CN2CCOCC2)nc2cc(NC(=O)c3ccc(C(C)(C)C)cc3)ccc21. The van der Waals surface area contributed by atoms with E-state index in [1.54, 1.807) is 0 Å². The Bertz CT molecular complexity index is 1060. The third-order valence-electron chi connectivity index (χ3n) is 5.88. The van der Waals surface area contributed by atoms with E-state index >= 15 is 0 Å². The molecule has 0 radical (unpaired) electrons. The van der Waals surface area contributed by atoms with Crippen LogP contribution in [0.1, 0.15) is 49.4 Å². The normalized spacial score (nSPS) is 15.4. The number of rotatable bonds is 5. The van der Waals surface area contributed by atoms with Gasteiger partial charge in [0.25, 0.3) is 5.91 Å². The largest absolute Gasteiger partial charge is 0.379 e. The minimum atomic E-state index is -0.108. The van der Waals surface area contributed by atoms with Crippen LogP contribution in [0, 0.1) is 0 Å².